The molecule has 0 aliphatic rings. The Morgan fingerprint density at radius 1 is 0.939 bits per heavy atom. The van der Waals surface area contributed by atoms with Crippen molar-refractivity contribution < 1.29 is 9.50 Å². The van der Waals surface area contributed by atoms with Crippen LogP contribution in [0.25, 0.3) is 22.0 Å². The number of aromatic nitrogens is 4. The van der Waals surface area contributed by atoms with Gasteiger partial charge >= 0.3 is 0 Å². The number of hydrogen-bond acceptors (Lipinski definition) is 4. The number of nitrogens with zero attached hydrogens (tertiary/aromatic N) is 4. The van der Waals surface area contributed by atoms with E-state index in [1.807, 2.05) is 30.3 Å². The van der Waals surface area contributed by atoms with Crippen LogP contribution < -0.4 is 0 Å². The average molecular weight is 479 g/mol. The summed E-state index contributed by atoms with van der Waals surface area (Å²) in [6.07, 6.45) is 4.59. The van der Waals surface area contributed by atoms with Crippen LogP contribution >= 0.6 is 23.2 Å². The number of fused-ring (bicyclic) bond motifs is 1. The van der Waals surface area contributed by atoms with Crippen molar-refractivity contribution in [1.82, 2.24) is 19.5 Å². The fourth-order valence-corrected chi connectivity index (χ4v) is 4.73. The molecule has 0 aliphatic carbocycles. The van der Waals surface area contributed by atoms with Gasteiger partial charge in [-0.05, 0) is 29.3 Å². The predicted molar refractivity (Wildman–Crippen MR) is 127 cm³/mol. The topological polar surface area (TPSA) is 63.8 Å². The van der Waals surface area contributed by atoms with Crippen molar-refractivity contribution in [1.29, 1.82) is 0 Å². The van der Waals surface area contributed by atoms with Crippen LogP contribution in [0.2, 0.25) is 10.2 Å². The lowest BCUT2D eigenvalue weighted by atomic mass is 9.85. The van der Waals surface area contributed by atoms with Crippen LogP contribution in [0.4, 0.5) is 4.39 Å². The Labute approximate surface area is 199 Å². The van der Waals surface area contributed by atoms with Gasteiger partial charge in [0.1, 0.15) is 11.0 Å². The number of benzene rings is 2. The molecule has 5 aromatic rings. The summed E-state index contributed by atoms with van der Waals surface area (Å²) in [7, 11) is 1.76. The van der Waals surface area contributed by atoms with Crippen LogP contribution in [0.1, 0.15) is 17.0 Å². The van der Waals surface area contributed by atoms with Crippen molar-refractivity contribution >= 4 is 34.1 Å². The quantitative estimate of drug-likeness (QED) is 0.333. The maximum absolute atomic E-state index is 14.1. The summed E-state index contributed by atoms with van der Waals surface area (Å²) >= 11 is 13.3. The van der Waals surface area contributed by atoms with E-state index in [1.165, 1.54) is 12.3 Å². The molecule has 164 valence electrons. The second-order valence-corrected chi connectivity index (χ2v) is 8.36. The Bertz CT molecular complexity index is 1490. The molecule has 0 radical (unpaired) electrons. The van der Waals surface area contributed by atoms with Gasteiger partial charge in [0, 0.05) is 48.2 Å². The van der Waals surface area contributed by atoms with Gasteiger partial charge in [-0.3, -0.25) is 0 Å². The summed E-state index contributed by atoms with van der Waals surface area (Å²) in [5.74, 6) is -0.396. The van der Waals surface area contributed by atoms with Crippen LogP contribution in [0.5, 0.6) is 0 Å². The van der Waals surface area contributed by atoms with Crippen LogP contribution in [-0.2, 0) is 12.6 Å². The fourth-order valence-electron chi connectivity index (χ4n) is 4.04. The number of halogens is 3. The minimum atomic E-state index is -1.77. The van der Waals surface area contributed by atoms with Gasteiger partial charge in [0.05, 0.1) is 10.5 Å². The van der Waals surface area contributed by atoms with Gasteiger partial charge in [0.2, 0.25) is 5.95 Å². The molecule has 8 heteroatoms. The molecule has 1 unspecified atom stereocenters. The normalized spacial score (nSPS) is 13.2. The molecular weight excluding hydrogens is 462 g/mol. The van der Waals surface area contributed by atoms with E-state index in [0.29, 0.717) is 32.9 Å². The third kappa shape index (κ3) is 3.56. The Balaban J connectivity index is 1.79. The highest BCUT2D eigenvalue weighted by Crippen LogP contribution is 2.41. The van der Waals surface area contributed by atoms with Crippen molar-refractivity contribution in [3.05, 3.63) is 112 Å². The van der Waals surface area contributed by atoms with E-state index in [0.717, 1.165) is 5.56 Å². The van der Waals surface area contributed by atoms with E-state index >= 15 is 0 Å². The number of hydrogen-bond donors (Lipinski definition) is 1. The Morgan fingerprint density at radius 3 is 2.39 bits per heavy atom. The maximum atomic E-state index is 14.1. The van der Waals surface area contributed by atoms with Gasteiger partial charge in [-0.25, -0.2) is 15.0 Å². The zero-order chi connectivity index (χ0) is 23.2. The lowest BCUT2D eigenvalue weighted by Crippen LogP contribution is -2.32. The molecule has 33 heavy (non-hydrogen) atoms. The van der Waals surface area contributed by atoms with Crippen molar-refractivity contribution in [2.75, 3.05) is 0 Å². The van der Waals surface area contributed by atoms with Crippen molar-refractivity contribution in [2.24, 2.45) is 7.05 Å². The van der Waals surface area contributed by atoms with Gasteiger partial charge in [0.15, 0.2) is 5.60 Å². The van der Waals surface area contributed by atoms with Crippen molar-refractivity contribution in [2.45, 2.75) is 5.60 Å². The number of aryl methyl sites for hydroxylation is 1. The Hall–Kier alpha value is -3.32. The van der Waals surface area contributed by atoms with E-state index in [-0.39, 0.29) is 10.7 Å². The van der Waals surface area contributed by atoms with Gasteiger partial charge in [0.25, 0.3) is 0 Å². The largest absolute Gasteiger partial charge is 0.373 e. The first-order chi connectivity index (χ1) is 15.9. The smallest absolute Gasteiger partial charge is 0.213 e. The number of pyridine rings is 2. The molecule has 0 spiro atoms. The van der Waals surface area contributed by atoms with Gasteiger partial charge in [-0.1, -0.05) is 59.6 Å². The molecule has 1 N–H and O–H groups in total. The number of imidazole rings is 1. The zero-order valence-corrected chi connectivity index (χ0v) is 18.9. The first-order valence-electron chi connectivity index (χ1n) is 10.1. The Morgan fingerprint density at radius 2 is 1.70 bits per heavy atom. The molecular formula is C25H17Cl2FN4O. The van der Waals surface area contributed by atoms with E-state index in [4.69, 9.17) is 23.2 Å². The molecule has 1 atom stereocenters. The summed E-state index contributed by atoms with van der Waals surface area (Å²) < 4.78 is 15.7. The van der Waals surface area contributed by atoms with E-state index in [9.17, 15) is 9.50 Å². The highest BCUT2D eigenvalue weighted by atomic mass is 35.5. The molecule has 0 fully saturated rings. The summed E-state index contributed by atoms with van der Waals surface area (Å²) in [6.45, 7) is 0. The van der Waals surface area contributed by atoms with Crippen molar-refractivity contribution in [3.63, 3.8) is 0 Å². The lowest BCUT2D eigenvalue weighted by Gasteiger charge is -2.29. The molecule has 0 aliphatic heterocycles. The summed E-state index contributed by atoms with van der Waals surface area (Å²) in [5, 5.41) is 13.3. The first kappa shape index (κ1) is 21.5. The highest BCUT2D eigenvalue weighted by molar-refractivity contribution is 6.42. The summed E-state index contributed by atoms with van der Waals surface area (Å²) in [5.41, 5.74) is 0.940. The van der Waals surface area contributed by atoms with Gasteiger partial charge < -0.3 is 9.67 Å². The average Bonchev–Trinajstić information content (AvgIpc) is 3.25. The van der Waals surface area contributed by atoms with Gasteiger partial charge in [-0.2, -0.15) is 4.39 Å². The predicted octanol–water partition coefficient (Wildman–Crippen LogP) is 5.76. The molecule has 0 saturated heterocycles. The zero-order valence-electron chi connectivity index (χ0n) is 17.4. The molecule has 5 nitrogen and oxygen atoms in total. The number of aliphatic hydroxyl groups is 1. The SMILES string of the molecule is Cn1ccnc1C(O)(c1ccnc(F)c1)c1ccc2nc(Cl)c(-c3ccccc3)c(Cl)c2c1. The number of rotatable bonds is 4. The lowest BCUT2D eigenvalue weighted by molar-refractivity contribution is 0.112. The van der Waals surface area contributed by atoms with Crippen molar-refractivity contribution in [3.8, 4) is 11.1 Å². The maximum Gasteiger partial charge on any atom is 0.213 e. The third-order valence-electron chi connectivity index (χ3n) is 5.65. The minimum Gasteiger partial charge on any atom is -0.373 e. The van der Waals surface area contributed by atoms with Gasteiger partial charge in [-0.15, -0.1) is 0 Å². The van der Waals surface area contributed by atoms with E-state index < -0.39 is 11.5 Å². The second kappa shape index (κ2) is 8.23. The second-order valence-electron chi connectivity index (χ2n) is 7.63. The summed E-state index contributed by atoms with van der Waals surface area (Å²) in [6, 6.07) is 17.4. The van der Waals surface area contributed by atoms with Crippen LogP contribution in [-0.4, -0.2) is 24.6 Å². The minimum absolute atomic E-state index is 0.280. The molecule has 3 aromatic heterocycles. The van der Waals surface area contributed by atoms with Crippen LogP contribution in [0.3, 0.4) is 0 Å². The van der Waals surface area contributed by atoms with Crippen LogP contribution in [0.15, 0.2) is 79.3 Å². The molecule has 0 bridgehead atoms. The standard InChI is InChI=1S/C25H17Cl2FN4O/c1-32-12-11-30-24(32)25(33,17-9-10-29-20(28)14-17)16-7-8-19-18(13-16)22(26)21(23(27)31-19)15-5-3-2-4-6-15/h2-14,33H,1H3. The molecule has 2 aromatic carbocycles. The molecule has 0 amide bonds. The van der Waals surface area contributed by atoms with Crippen LogP contribution in [0, 0.1) is 5.95 Å². The fraction of sp³-hybridized carbons (Fsp3) is 0.0800. The highest BCUT2D eigenvalue weighted by Gasteiger charge is 2.38. The van der Waals surface area contributed by atoms with E-state index in [2.05, 4.69) is 15.0 Å². The first-order valence-corrected chi connectivity index (χ1v) is 10.8. The molecule has 0 saturated carbocycles. The summed E-state index contributed by atoms with van der Waals surface area (Å²) in [4.78, 5) is 12.5. The monoisotopic (exact) mass is 478 g/mol. The molecule has 5 rings (SSSR count). The molecule has 3 heterocycles. The Kier molecular flexibility index (Phi) is 5.37. The third-order valence-corrected chi connectivity index (χ3v) is 6.31. The van der Waals surface area contributed by atoms with E-state index in [1.54, 1.807) is 48.3 Å².